The van der Waals surface area contributed by atoms with Gasteiger partial charge in [0.2, 0.25) is 0 Å². The lowest BCUT2D eigenvalue weighted by Gasteiger charge is -2.26. The first-order chi connectivity index (χ1) is 7.09. The van der Waals surface area contributed by atoms with Crippen LogP contribution < -0.4 is 5.32 Å². The van der Waals surface area contributed by atoms with Gasteiger partial charge in [-0.05, 0) is 33.9 Å². The molecule has 2 N–H and O–H groups in total. The number of likely N-dealkylation sites (N-methyl/N-ethyl adjacent to an activating group) is 1. The third-order valence-corrected chi connectivity index (χ3v) is 2.78. The van der Waals surface area contributed by atoms with Crippen LogP contribution in [-0.2, 0) is 4.74 Å². The summed E-state index contributed by atoms with van der Waals surface area (Å²) in [5.74, 6) is 0. The summed E-state index contributed by atoms with van der Waals surface area (Å²) in [6, 6.07) is 0.568. The van der Waals surface area contributed by atoms with Crippen molar-refractivity contribution in [2.45, 2.75) is 38.5 Å². The zero-order valence-corrected chi connectivity index (χ0v) is 10.1. The zero-order chi connectivity index (χ0) is 11.3. The van der Waals surface area contributed by atoms with Crippen molar-refractivity contribution in [3.8, 4) is 0 Å². The average Bonchev–Trinajstić information content (AvgIpc) is 2.67. The monoisotopic (exact) mass is 216 g/mol. The van der Waals surface area contributed by atoms with E-state index in [-0.39, 0.29) is 12.2 Å². The van der Waals surface area contributed by atoms with Crippen molar-refractivity contribution in [3.63, 3.8) is 0 Å². The third-order valence-electron chi connectivity index (χ3n) is 2.78. The van der Waals surface area contributed by atoms with E-state index in [4.69, 9.17) is 4.74 Å². The molecule has 0 aliphatic carbocycles. The Hall–Kier alpha value is -0.160. The summed E-state index contributed by atoms with van der Waals surface area (Å²) in [6.07, 6.45) is 0.991. The van der Waals surface area contributed by atoms with Crippen LogP contribution in [0.4, 0.5) is 0 Å². The molecule has 0 bridgehead atoms. The summed E-state index contributed by atoms with van der Waals surface area (Å²) in [5, 5.41) is 13.1. The molecule has 1 fully saturated rings. The predicted octanol–water partition coefficient (Wildman–Crippen LogP) is 0.0660. The molecule has 15 heavy (non-hydrogen) atoms. The van der Waals surface area contributed by atoms with Gasteiger partial charge in [0.25, 0.3) is 0 Å². The Morgan fingerprint density at radius 1 is 1.53 bits per heavy atom. The lowest BCUT2D eigenvalue weighted by Crippen LogP contribution is -2.40. The van der Waals surface area contributed by atoms with Crippen molar-refractivity contribution in [1.82, 2.24) is 10.2 Å². The molecule has 1 heterocycles. The topological polar surface area (TPSA) is 44.7 Å². The van der Waals surface area contributed by atoms with Crippen LogP contribution >= 0.6 is 0 Å². The van der Waals surface area contributed by atoms with Crippen LogP contribution in [0.5, 0.6) is 0 Å². The van der Waals surface area contributed by atoms with Crippen LogP contribution in [0.1, 0.15) is 20.3 Å². The van der Waals surface area contributed by atoms with Gasteiger partial charge >= 0.3 is 0 Å². The summed E-state index contributed by atoms with van der Waals surface area (Å²) in [4.78, 5) is 2.22. The van der Waals surface area contributed by atoms with Crippen molar-refractivity contribution < 1.29 is 9.84 Å². The number of aliphatic hydroxyl groups excluding tert-OH is 1. The van der Waals surface area contributed by atoms with E-state index in [9.17, 15) is 5.11 Å². The van der Waals surface area contributed by atoms with Gasteiger partial charge in [0.15, 0.2) is 0 Å². The van der Waals surface area contributed by atoms with Gasteiger partial charge in [-0.2, -0.15) is 0 Å². The molecule has 1 aliphatic rings. The van der Waals surface area contributed by atoms with Crippen LogP contribution in [0.15, 0.2) is 0 Å². The second-order valence-electron chi connectivity index (χ2n) is 4.62. The minimum atomic E-state index is -0.377. The molecule has 0 aromatic carbocycles. The molecule has 1 saturated heterocycles. The Bertz CT molecular complexity index is 170. The second kappa shape index (κ2) is 6.43. The van der Waals surface area contributed by atoms with Gasteiger partial charge in [0, 0.05) is 19.1 Å². The fourth-order valence-electron chi connectivity index (χ4n) is 1.85. The second-order valence-corrected chi connectivity index (χ2v) is 4.62. The molecule has 4 nitrogen and oxygen atoms in total. The summed E-state index contributed by atoms with van der Waals surface area (Å²) in [6.45, 7) is 7.22. The van der Waals surface area contributed by atoms with Crippen molar-refractivity contribution in [2.75, 3.05) is 33.3 Å². The van der Waals surface area contributed by atoms with Crippen LogP contribution in [0.2, 0.25) is 0 Å². The average molecular weight is 216 g/mol. The van der Waals surface area contributed by atoms with E-state index in [0.29, 0.717) is 19.2 Å². The van der Waals surface area contributed by atoms with Gasteiger partial charge in [-0.15, -0.1) is 0 Å². The molecule has 0 spiro atoms. The minimum absolute atomic E-state index is 0.193. The van der Waals surface area contributed by atoms with Crippen LogP contribution in [0.3, 0.4) is 0 Å². The minimum Gasteiger partial charge on any atom is -0.389 e. The van der Waals surface area contributed by atoms with Gasteiger partial charge in [0.05, 0.1) is 18.8 Å². The van der Waals surface area contributed by atoms with E-state index in [1.807, 2.05) is 13.8 Å². The molecular weight excluding hydrogens is 192 g/mol. The lowest BCUT2D eigenvalue weighted by atomic mass is 10.2. The highest BCUT2D eigenvalue weighted by molar-refractivity contribution is 4.79. The van der Waals surface area contributed by atoms with Crippen molar-refractivity contribution in [2.24, 2.45) is 0 Å². The standard InChI is InChI=1S/C11H24N2O2/c1-9(2)15-8-11(14)7-13(3)10-4-5-12-6-10/h9-12,14H,4-8H2,1-3H3. The first-order valence-corrected chi connectivity index (χ1v) is 5.80. The van der Waals surface area contributed by atoms with Gasteiger partial charge in [-0.25, -0.2) is 0 Å². The van der Waals surface area contributed by atoms with E-state index >= 15 is 0 Å². The maximum Gasteiger partial charge on any atom is 0.0900 e. The molecule has 90 valence electrons. The molecule has 0 saturated carbocycles. The van der Waals surface area contributed by atoms with Crippen LogP contribution in [0, 0.1) is 0 Å². The Morgan fingerprint density at radius 2 is 2.27 bits per heavy atom. The van der Waals surface area contributed by atoms with Gasteiger partial charge in [-0.3, -0.25) is 4.90 Å². The van der Waals surface area contributed by atoms with Crippen molar-refractivity contribution in [1.29, 1.82) is 0 Å². The van der Waals surface area contributed by atoms with E-state index in [1.165, 1.54) is 6.42 Å². The Labute approximate surface area is 92.6 Å². The highest BCUT2D eigenvalue weighted by Crippen LogP contribution is 2.06. The summed E-state index contributed by atoms with van der Waals surface area (Å²) >= 11 is 0. The van der Waals surface area contributed by atoms with Gasteiger partial charge < -0.3 is 15.2 Å². The largest absolute Gasteiger partial charge is 0.389 e. The summed E-state index contributed by atoms with van der Waals surface area (Å²) < 4.78 is 5.37. The quantitative estimate of drug-likeness (QED) is 0.659. The van der Waals surface area contributed by atoms with E-state index < -0.39 is 0 Å². The molecule has 2 atom stereocenters. The predicted molar refractivity (Wildman–Crippen MR) is 61.0 cm³/mol. The molecule has 0 aromatic heterocycles. The molecular formula is C11H24N2O2. The normalized spacial score (nSPS) is 24.0. The Kier molecular flexibility index (Phi) is 5.53. The summed E-state index contributed by atoms with van der Waals surface area (Å²) in [7, 11) is 2.07. The van der Waals surface area contributed by atoms with Crippen LogP contribution in [-0.4, -0.2) is 61.5 Å². The zero-order valence-electron chi connectivity index (χ0n) is 10.1. The van der Waals surface area contributed by atoms with Gasteiger partial charge in [-0.1, -0.05) is 0 Å². The number of hydrogen-bond acceptors (Lipinski definition) is 4. The Morgan fingerprint density at radius 3 is 2.80 bits per heavy atom. The smallest absolute Gasteiger partial charge is 0.0900 e. The SMILES string of the molecule is CC(C)OCC(O)CN(C)C1CCNC1. The molecule has 0 aromatic rings. The fourth-order valence-corrected chi connectivity index (χ4v) is 1.85. The molecule has 2 unspecified atom stereocenters. The highest BCUT2D eigenvalue weighted by atomic mass is 16.5. The number of nitrogens with zero attached hydrogens (tertiary/aromatic N) is 1. The van der Waals surface area contributed by atoms with E-state index in [1.54, 1.807) is 0 Å². The highest BCUT2D eigenvalue weighted by Gasteiger charge is 2.21. The van der Waals surface area contributed by atoms with Crippen LogP contribution in [0.25, 0.3) is 0 Å². The third kappa shape index (κ3) is 4.93. The summed E-state index contributed by atoms with van der Waals surface area (Å²) in [5.41, 5.74) is 0. The van der Waals surface area contributed by atoms with Crippen molar-refractivity contribution >= 4 is 0 Å². The fraction of sp³-hybridized carbons (Fsp3) is 1.00. The van der Waals surface area contributed by atoms with Crippen molar-refractivity contribution in [3.05, 3.63) is 0 Å². The number of rotatable bonds is 6. The van der Waals surface area contributed by atoms with E-state index in [2.05, 4.69) is 17.3 Å². The lowest BCUT2D eigenvalue weighted by molar-refractivity contribution is -0.00927. The van der Waals surface area contributed by atoms with Gasteiger partial charge in [0.1, 0.15) is 0 Å². The number of ether oxygens (including phenoxy) is 1. The molecule has 1 rings (SSSR count). The maximum absolute atomic E-state index is 9.74. The maximum atomic E-state index is 9.74. The first kappa shape index (κ1) is 12.9. The Balaban J connectivity index is 2.15. The molecule has 4 heteroatoms. The first-order valence-electron chi connectivity index (χ1n) is 5.80. The molecule has 0 radical (unpaired) electrons. The van der Waals surface area contributed by atoms with E-state index in [0.717, 1.165) is 13.1 Å². The number of aliphatic hydroxyl groups is 1. The number of hydrogen-bond donors (Lipinski definition) is 2. The number of nitrogens with one attached hydrogen (secondary N) is 1. The molecule has 1 aliphatic heterocycles. The molecule has 0 amide bonds.